The van der Waals surface area contributed by atoms with Gasteiger partial charge in [0, 0.05) is 17.3 Å². The number of tetrazole rings is 1. The minimum Gasteiger partial charge on any atom is -0.295 e. The predicted octanol–water partition coefficient (Wildman–Crippen LogP) is 1.06. The molecule has 96 valence electrons. The van der Waals surface area contributed by atoms with Crippen molar-refractivity contribution in [2.75, 3.05) is 5.32 Å². The van der Waals surface area contributed by atoms with E-state index >= 15 is 0 Å². The van der Waals surface area contributed by atoms with E-state index in [9.17, 15) is 4.79 Å². The Kier molecular flexibility index (Phi) is 2.64. The molecule has 3 heterocycles. The summed E-state index contributed by atoms with van der Waals surface area (Å²) in [5, 5.41) is 16.0. The Morgan fingerprint density at radius 3 is 3.11 bits per heavy atom. The third-order valence-corrected chi connectivity index (χ3v) is 2.78. The van der Waals surface area contributed by atoms with E-state index in [1.54, 1.807) is 29.7 Å². The second-order valence-corrected chi connectivity index (χ2v) is 4.24. The average molecular weight is 278 g/mol. The Morgan fingerprint density at radius 1 is 1.53 bits per heavy atom. The summed E-state index contributed by atoms with van der Waals surface area (Å²) in [4.78, 5) is 16.4. The second kappa shape index (κ2) is 4.32. The minimum atomic E-state index is -0.367. The molecule has 0 saturated carbocycles. The summed E-state index contributed by atoms with van der Waals surface area (Å²) in [5.41, 5.74) is 1.59. The number of pyridine rings is 1. The maximum Gasteiger partial charge on any atom is 0.277 e. The maximum atomic E-state index is 12.2. The van der Waals surface area contributed by atoms with Gasteiger partial charge in [0.05, 0.1) is 5.69 Å². The summed E-state index contributed by atoms with van der Waals surface area (Å²) in [6.07, 6.45) is 1.68. The smallest absolute Gasteiger partial charge is 0.277 e. The number of rotatable bonds is 2. The number of halogens is 1. The number of amides is 1. The molecule has 3 aromatic heterocycles. The summed E-state index contributed by atoms with van der Waals surface area (Å²) >= 11 is 5.89. The Morgan fingerprint density at radius 2 is 2.37 bits per heavy atom. The van der Waals surface area contributed by atoms with Crippen molar-refractivity contribution in [2.24, 2.45) is 0 Å². The van der Waals surface area contributed by atoms with Crippen molar-refractivity contribution in [1.82, 2.24) is 30.0 Å². The van der Waals surface area contributed by atoms with Gasteiger partial charge in [-0.1, -0.05) is 16.7 Å². The van der Waals surface area contributed by atoms with Crippen molar-refractivity contribution >= 4 is 29.1 Å². The van der Waals surface area contributed by atoms with Gasteiger partial charge in [0.15, 0.2) is 0 Å². The third-order valence-electron chi connectivity index (χ3n) is 2.55. The van der Waals surface area contributed by atoms with Gasteiger partial charge in [-0.25, -0.2) is 4.98 Å². The molecule has 0 aliphatic carbocycles. The van der Waals surface area contributed by atoms with Gasteiger partial charge in [-0.2, -0.15) is 5.21 Å². The van der Waals surface area contributed by atoms with Gasteiger partial charge in [0.2, 0.25) is 0 Å². The number of H-pyrrole nitrogens is 1. The molecule has 2 N–H and O–H groups in total. The molecule has 0 unspecified atom stereocenters. The number of aromatic amines is 1. The average Bonchev–Trinajstić information content (AvgIpc) is 2.95. The number of anilines is 1. The zero-order valence-corrected chi connectivity index (χ0v) is 10.5. The first-order chi connectivity index (χ1) is 9.15. The summed E-state index contributed by atoms with van der Waals surface area (Å²) in [6, 6.07) is 3.36. The lowest BCUT2D eigenvalue weighted by atomic mass is 10.3. The second-order valence-electron chi connectivity index (χ2n) is 3.81. The molecule has 0 aliphatic heterocycles. The van der Waals surface area contributed by atoms with E-state index in [4.69, 9.17) is 11.6 Å². The quantitative estimate of drug-likeness (QED) is 0.729. The van der Waals surface area contributed by atoms with E-state index in [0.717, 1.165) is 0 Å². The van der Waals surface area contributed by atoms with E-state index in [1.165, 1.54) is 0 Å². The van der Waals surface area contributed by atoms with Crippen LogP contribution in [0.15, 0.2) is 18.3 Å². The standard InChI is InChI=1S/C10H8ClN7O/c1-5-8(9(19)13-10-14-16-17-15-10)18-3-2-6(11)4-7(18)12-5/h2-4H,1H3,(H2,13,14,15,16,17,19). The first kappa shape index (κ1) is 11.6. The van der Waals surface area contributed by atoms with Crippen LogP contribution in [0, 0.1) is 6.92 Å². The fourth-order valence-electron chi connectivity index (χ4n) is 1.79. The van der Waals surface area contributed by atoms with Gasteiger partial charge in [0.25, 0.3) is 11.9 Å². The van der Waals surface area contributed by atoms with Gasteiger partial charge < -0.3 is 0 Å². The van der Waals surface area contributed by atoms with Crippen LogP contribution < -0.4 is 5.32 Å². The Bertz CT molecular complexity index is 749. The third kappa shape index (κ3) is 2.02. The van der Waals surface area contributed by atoms with Crippen molar-refractivity contribution in [3.05, 3.63) is 34.7 Å². The number of imidazole rings is 1. The lowest BCUT2D eigenvalue weighted by molar-refractivity contribution is 0.102. The number of fused-ring (bicyclic) bond motifs is 1. The van der Waals surface area contributed by atoms with Crippen LogP contribution in [0.4, 0.5) is 5.95 Å². The van der Waals surface area contributed by atoms with Gasteiger partial charge in [-0.3, -0.25) is 14.5 Å². The van der Waals surface area contributed by atoms with E-state index in [2.05, 4.69) is 30.9 Å². The Balaban J connectivity index is 2.04. The van der Waals surface area contributed by atoms with Crippen LogP contribution in [0.25, 0.3) is 5.65 Å². The van der Waals surface area contributed by atoms with E-state index in [0.29, 0.717) is 22.1 Å². The van der Waals surface area contributed by atoms with Crippen LogP contribution in [0.3, 0.4) is 0 Å². The molecular weight excluding hydrogens is 270 g/mol. The lowest BCUT2D eigenvalue weighted by Crippen LogP contribution is -2.16. The van der Waals surface area contributed by atoms with Crippen molar-refractivity contribution in [3.63, 3.8) is 0 Å². The molecule has 0 spiro atoms. The molecule has 0 saturated heterocycles. The number of nitrogens with one attached hydrogen (secondary N) is 2. The SMILES string of the molecule is Cc1nc2cc(Cl)ccn2c1C(=O)Nc1nn[nH]n1. The summed E-state index contributed by atoms with van der Waals surface area (Å²) < 4.78 is 1.65. The molecule has 0 atom stereocenters. The largest absolute Gasteiger partial charge is 0.295 e. The molecule has 19 heavy (non-hydrogen) atoms. The van der Waals surface area contributed by atoms with Crippen molar-refractivity contribution in [3.8, 4) is 0 Å². The summed E-state index contributed by atoms with van der Waals surface area (Å²) in [5.74, 6) is -0.262. The lowest BCUT2D eigenvalue weighted by Gasteiger charge is -2.02. The van der Waals surface area contributed by atoms with Gasteiger partial charge in [0.1, 0.15) is 11.3 Å². The normalized spacial score (nSPS) is 10.8. The van der Waals surface area contributed by atoms with Crippen molar-refractivity contribution in [1.29, 1.82) is 0 Å². The number of aromatic nitrogens is 6. The molecule has 0 radical (unpaired) electrons. The van der Waals surface area contributed by atoms with Crippen molar-refractivity contribution < 1.29 is 4.79 Å². The van der Waals surface area contributed by atoms with Crippen molar-refractivity contribution in [2.45, 2.75) is 6.92 Å². The molecule has 3 aromatic rings. The van der Waals surface area contributed by atoms with E-state index in [-0.39, 0.29) is 11.9 Å². The van der Waals surface area contributed by atoms with Crippen LogP contribution in [0.1, 0.15) is 16.2 Å². The highest BCUT2D eigenvalue weighted by Crippen LogP contribution is 2.17. The zero-order chi connectivity index (χ0) is 13.4. The molecule has 0 aliphatic rings. The molecule has 9 heteroatoms. The molecule has 0 fully saturated rings. The fourth-order valence-corrected chi connectivity index (χ4v) is 1.94. The topological polar surface area (TPSA) is 101 Å². The number of hydrogen-bond donors (Lipinski definition) is 2. The highest BCUT2D eigenvalue weighted by atomic mass is 35.5. The van der Waals surface area contributed by atoms with Gasteiger partial charge >= 0.3 is 0 Å². The Hall–Kier alpha value is -2.48. The number of carbonyl (C=O) groups is 1. The van der Waals surface area contributed by atoms with E-state index in [1.807, 2.05) is 0 Å². The number of hydrogen-bond acceptors (Lipinski definition) is 5. The van der Waals surface area contributed by atoms with Gasteiger partial charge in [-0.15, -0.1) is 5.10 Å². The monoisotopic (exact) mass is 277 g/mol. The van der Waals surface area contributed by atoms with E-state index < -0.39 is 0 Å². The first-order valence-electron chi connectivity index (χ1n) is 5.34. The van der Waals surface area contributed by atoms with Crippen LogP contribution >= 0.6 is 11.6 Å². The predicted molar refractivity (Wildman–Crippen MR) is 67.1 cm³/mol. The zero-order valence-electron chi connectivity index (χ0n) is 9.75. The maximum absolute atomic E-state index is 12.2. The summed E-state index contributed by atoms with van der Waals surface area (Å²) in [7, 11) is 0. The highest BCUT2D eigenvalue weighted by molar-refractivity contribution is 6.30. The number of aryl methyl sites for hydroxylation is 1. The number of nitrogens with zero attached hydrogens (tertiary/aromatic N) is 5. The van der Waals surface area contributed by atoms with Crippen LogP contribution in [0.5, 0.6) is 0 Å². The van der Waals surface area contributed by atoms with Crippen LogP contribution in [-0.2, 0) is 0 Å². The summed E-state index contributed by atoms with van der Waals surface area (Å²) in [6.45, 7) is 1.74. The first-order valence-corrected chi connectivity index (χ1v) is 5.72. The Labute approximate surface area is 111 Å². The number of carbonyl (C=O) groups excluding carboxylic acids is 1. The highest BCUT2D eigenvalue weighted by Gasteiger charge is 2.18. The molecule has 0 bridgehead atoms. The minimum absolute atomic E-state index is 0.105. The van der Waals surface area contributed by atoms with Crippen LogP contribution in [0.2, 0.25) is 5.02 Å². The fraction of sp³-hybridized carbons (Fsp3) is 0.100. The molecule has 3 rings (SSSR count). The molecule has 1 amide bonds. The molecule has 0 aromatic carbocycles. The molecular formula is C10H8ClN7O. The van der Waals surface area contributed by atoms with Crippen LogP contribution in [-0.4, -0.2) is 35.9 Å². The molecule has 8 nitrogen and oxygen atoms in total. The van der Waals surface area contributed by atoms with Gasteiger partial charge in [-0.05, 0) is 18.2 Å².